The lowest BCUT2D eigenvalue weighted by atomic mass is 10.3. The van der Waals surface area contributed by atoms with Crippen molar-refractivity contribution in [2.24, 2.45) is 0 Å². The van der Waals surface area contributed by atoms with Gasteiger partial charge in [-0.15, -0.1) is 0 Å². The number of esters is 1. The number of rotatable bonds is 7. The van der Waals surface area contributed by atoms with Gasteiger partial charge in [-0.2, -0.15) is 0 Å². The van der Waals surface area contributed by atoms with Crippen molar-refractivity contribution in [2.45, 2.75) is 13.0 Å². The molecule has 1 aromatic heterocycles. The molecule has 0 saturated carbocycles. The Bertz CT molecular complexity index is 347. The van der Waals surface area contributed by atoms with Crippen LogP contribution in [0.15, 0.2) is 16.7 Å². The largest absolute Gasteiger partial charge is 0.467 e. The molecule has 96 valence electrons. The first-order chi connectivity index (χ1) is 8.13. The predicted molar refractivity (Wildman–Crippen MR) is 64.9 cm³/mol. The van der Waals surface area contributed by atoms with Crippen LogP contribution in [0.2, 0.25) is 0 Å². The molecular weight excluding hydrogens is 220 g/mol. The van der Waals surface area contributed by atoms with Gasteiger partial charge >= 0.3 is 5.97 Å². The molecule has 5 nitrogen and oxygen atoms in total. The zero-order valence-electron chi connectivity index (χ0n) is 10.7. The van der Waals surface area contributed by atoms with Crippen molar-refractivity contribution in [3.05, 3.63) is 23.7 Å². The first kappa shape index (κ1) is 13.7. The van der Waals surface area contributed by atoms with Gasteiger partial charge in [-0.25, -0.2) is 4.79 Å². The molecule has 17 heavy (non-hydrogen) atoms. The van der Waals surface area contributed by atoms with Crippen molar-refractivity contribution in [3.8, 4) is 0 Å². The maximum Gasteiger partial charge on any atom is 0.341 e. The van der Waals surface area contributed by atoms with Gasteiger partial charge in [0.2, 0.25) is 0 Å². The topological polar surface area (TPSA) is 54.7 Å². The van der Waals surface area contributed by atoms with Gasteiger partial charge in [0.05, 0.1) is 19.2 Å². The Morgan fingerprint density at radius 1 is 1.53 bits per heavy atom. The smallest absolute Gasteiger partial charge is 0.341 e. The maximum absolute atomic E-state index is 11.2. The van der Waals surface area contributed by atoms with Gasteiger partial charge in [-0.3, -0.25) is 0 Å². The fourth-order valence-corrected chi connectivity index (χ4v) is 1.43. The summed E-state index contributed by atoms with van der Waals surface area (Å²) < 4.78 is 9.84. The van der Waals surface area contributed by atoms with E-state index in [2.05, 4.69) is 29.0 Å². The zero-order valence-corrected chi connectivity index (χ0v) is 10.7. The number of carbonyl (C=O) groups is 1. The second-order valence-electron chi connectivity index (χ2n) is 4.13. The Kier molecular flexibility index (Phi) is 5.72. The third-order valence-corrected chi connectivity index (χ3v) is 2.33. The number of furan rings is 1. The monoisotopic (exact) mass is 240 g/mol. The van der Waals surface area contributed by atoms with Crippen LogP contribution in [0.1, 0.15) is 22.5 Å². The van der Waals surface area contributed by atoms with Gasteiger partial charge in [-0.05, 0) is 39.7 Å². The van der Waals surface area contributed by atoms with Crippen LogP contribution in [0.4, 0.5) is 0 Å². The van der Waals surface area contributed by atoms with Crippen molar-refractivity contribution in [1.29, 1.82) is 0 Å². The highest BCUT2D eigenvalue weighted by Gasteiger charge is 2.09. The minimum absolute atomic E-state index is 0.368. The number of carbonyl (C=O) groups excluding carboxylic acids is 1. The van der Waals surface area contributed by atoms with E-state index >= 15 is 0 Å². The van der Waals surface area contributed by atoms with Gasteiger partial charge in [0.1, 0.15) is 12.0 Å². The molecule has 0 aromatic carbocycles. The van der Waals surface area contributed by atoms with Crippen LogP contribution in [0.5, 0.6) is 0 Å². The lowest BCUT2D eigenvalue weighted by Crippen LogP contribution is -2.20. The van der Waals surface area contributed by atoms with Crippen molar-refractivity contribution < 1.29 is 13.9 Å². The number of hydrogen-bond acceptors (Lipinski definition) is 5. The van der Waals surface area contributed by atoms with E-state index in [0.29, 0.717) is 12.1 Å². The summed E-state index contributed by atoms with van der Waals surface area (Å²) in [6.07, 6.45) is 2.50. The molecule has 0 bridgehead atoms. The highest BCUT2D eigenvalue weighted by molar-refractivity contribution is 5.88. The number of ether oxygens (including phenoxy) is 1. The van der Waals surface area contributed by atoms with Gasteiger partial charge in [0.15, 0.2) is 0 Å². The SMILES string of the molecule is COC(=O)c1coc(CNCCCN(C)C)c1. The van der Waals surface area contributed by atoms with E-state index in [0.717, 1.165) is 25.3 Å². The fraction of sp³-hybridized carbons (Fsp3) is 0.583. The van der Waals surface area contributed by atoms with Crippen molar-refractivity contribution in [2.75, 3.05) is 34.3 Å². The number of hydrogen-bond donors (Lipinski definition) is 1. The Labute approximate surface area is 102 Å². The quantitative estimate of drug-likeness (QED) is 0.571. The number of methoxy groups -OCH3 is 1. The molecule has 1 N–H and O–H groups in total. The summed E-state index contributed by atoms with van der Waals surface area (Å²) in [5, 5.41) is 3.25. The summed E-state index contributed by atoms with van der Waals surface area (Å²) in [6, 6.07) is 1.70. The molecule has 0 unspecified atom stereocenters. The normalized spacial score (nSPS) is 10.8. The van der Waals surface area contributed by atoms with Crippen molar-refractivity contribution in [1.82, 2.24) is 10.2 Å². The Morgan fingerprint density at radius 3 is 2.94 bits per heavy atom. The van der Waals surface area contributed by atoms with Gasteiger partial charge in [-0.1, -0.05) is 0 Å². The Morgan fingerprint density at radius 2 is 2.29 bits per heavy atom. The summed E-state index contributed by atoms with van der Waals surface area (Å²) in [5.74, 6) is 0.378. The summed E-state index contributed by atoms with van der Waals surface area (Å²) in [6.45, 7) is 2.61. The fourth-order valence-electron chi connectivity index (χ4n) is 1.43. The third kappa shape index (κ3) is 5.01. The first-order valence-electron chi connectivity index (χ1n) is 5.64. The minimum Gasteiger partial charge on any atom is -0.467 e. The van der Waals surface area contributed by atoms with Crippen LogP contribution in [-0.2, 0) is 11.3 Å². The van der Waals surface area contributed by atoms with Crippen LogP contribution >= 0.6 is 0 Å². The second kappa shape index (κ2) is 7.09. The third-order valence-electron chi connectivity index (χ3n) is 2.33. The Balaban J connectivity index is 2.23. The average Bonchev–Trinajstić information content (AvgIpc) is 2.76. The summed E-state index contributed by atoms with van der Waals surface area (Å²) in [7, 11) is 5.46. The molecule has 0 saturated heterocycles. The second-order valence-corrected chi connectivity index (χ2v) is 4.13. The van der Waals surface area contributed by atoms with Crippen LogP contribution in [0.25, 0.3) is 0 Å². The molecule has 0 atom stereocenters. The van der Waals surface area contributed by atoms with Crippen LogP contribution in [0.3, 0.4) is 0 Å². The van der Waals surface area contributed by atoms with E-state index in [4.69, 9.17) is 4.42 Å². The van der Waals surface area contributed by atoms with Gasteiger partial charge < -0.3 is 19.4 Å². The lowest BCUT2D eigenvalue weighted by Gasteiger charge is -2.08. The summed E-state index contributed by atoms with van der Waals surface area (Å²) >= 11 is 0. The first-order valence-corrected chi connectivity index (χ1v) is 5.64. The molecular formula is C12H20N2O3. The van der Waals surface area contributed by atoms with E-state index in [1.807, 2.05) is 0 Å². The molecule has 0 aliphatic carbocycles. The molecule has 0 aliphatic heterocycles. The predicted octanol–water partition coefficient (Wildman–Crippen LogP) is 1.11. The number of nitrogens with one attached hydrogen (secondary N) is 1. The van der Waals surface area contributed by atoms with E-state index in [1.54, 1.807) is 6.07 Å². The van der Waals surface area contributed by atoms with Crippen molar-refractivity contribution >= 4 is 5.97 Å². The molecule has 1 heterocycles. The Hall–Kier alpha value is -1.33. The van der Waals surface area contributed by atoms with E-state index in [1.165, 1.54) is 13.4 Å². The van der Waals surface area contributed by atoms with Crippen LogP contribution in [0, 0.1) is 0 Å². The maximum atomic E-state index is 11.2. The highest BCUT2D eigenvalue weighted by atomic mass is 16.5. The summed E-state index contributed by atoms with van der Waals surface area (Å²) in [4.78, 5) is 13.3. The summed E-state index contributed by atoms with van der Waals surface area (Å²) in [5.41, 5.74) is 0.456. The van der Waals surface area contributed by atoms with Gasteiger partial charge in [0.25, 0.3) is 0 Å². The number of nitrogens with zero attached hydrogens (tertiary/aromatic N) is 1. The zero-order chi connectivity index (χ0) is 12.7. The molecule has 1 rings (SSSR count). The molecule has 0 spiro atoms. The van der Waals surface area contributed by atoms with Crippen LogP contribution in [-0.4, -0.2) is 45.2 Å². The minimum atomic E-state index is -0.368. The van der Waals surface area contributed by atoms with E-state index in [9.17, 15) is 4.79 Å². The molecule has 0 fully saturated rings. The molecule has 0 aliphatic rings. The van der Waals surface area contributed by atoms with Gasteiger partial charge in [0, 0.05) is 0 Å². The highest BCUT2D eigenvalue weighted by Crippen LogP contribution is 2.08. The van der Waals surface area contributed by atoms with E-state index in [-0.39, 0.29) is 5.97 Å². The molecule has 5 heteroatoms. The van der Waals surface area contributed by atoms with E-state index < -0.39 is 0 Å². The average molecular weight is 240 g/mol. The molecule has 0 radical (unpaired) electrons. The lowest BCUT2D eigenvalue weighted by molar-refractivity contribution is 0.0600. The molecule has 0 amide bonds. The molecule has 1 aromatic rings. The standard InChI is InChI=1S/C12H20N2O3/c1-14(2)6-4-5-13-8-11-7-10(9-17-11)12(15)16-3/h7,9,13H,4-6,8H2,1-3H3. The van der Waals surface area contributed by atoms with Crippen molar-refractivity contribution in [3.63, 3.8) is 0 Å². The van der Waals surface area contributed by atoms with Crippen LogP contribution < -0.4 is 5.32 Å².